The molecule has 0 aromatic heterocycles. The Balaban J connectivity index is 1.58. The van der Waals surface area contributed by atoms with Gasteiger partial charge in [0.05, 0.1) is 78.5 Å². The topological polar surface area (TPSA) is 264 Å². The Hall–Kier alpha value is -4.28. The fourth-order valence-electron chi connectivity index (χ4n) is 9.83. The van der Waals surface area contributed by atoms with Crippen LogP contribution in [0.25, 0.3) is 0 Å². The number of aliphatic carboxylic acids is 4. The highest BCUT2D eigenvalue weighted by molar-refractivity contribution is 5.83. The molecule has 10 atom stereocenters. The van der Waals surface area contributed by atoms with Gasteiger partial charge in [-0.3, -0.25) is 38.4 Å². The van der Waals surface area contributed by atoms with Gasteiger partial charge in [0, 0.05) is 0 Å². The lowest BCUT2D eigenvalue weighted by Gasteiger charge is -2.35. The third-order valence-electron chi connectivity index (χ3n) is 13.9. The van der Waals surface area contributed by atoms with Crippen LogP contribution in [0.4, 0.5) is 0 Å². The van der Waals surface area contributed by atoms with Gasteiger partial charge in [0.15, 0.2) is 0 Å². The summed E-state index contributed by atoms with van der Waals surface area (Å²) in [5.41, 5.74) is -1.21. The average molecular weight is 881 g/mol. The van der Waals surface area contributed by atoms with E-state index < -0.39 is 113 Å². The monoisotopic (exact) mass is 880 g/mol. The van der Waals surface area contributed by atoms with Gasteiger partial charge in [0.1, 0.15) is 19.3 Å². The third kappa shape index (κ3) is 13.9. The minimum atomic E-state index is -1.21. The van der Waals surface area contributed by atoms with E-state index in [1.807, 2.05) is 6.92 Å². The Morgan fingerprint density at radius 3 is 1.15 bits per heavy atom. The van der Waals surface area contributed by atoms with E-state index in [2.05, 4.69) is 0 Å². The van der Waals surface area contributed by atoms with Crippen LogP contribution < -0.4 is 0 Å². The van der Waals surface area contributed by atoms with Crippen molar-refractivity contribution in [2.75, 3.05) is 33.0 Å². The first kappa shape index (κ1) is 50.4. The molecule has 0 radical (unpaired) electrons. The number of carbonyl (C=O) groups excluding carboxylic acids is 4. The average Bonchev–Trinajstić information content (AvgIpc) is 3.27. The summed E-state index contributed by atoms with van der Waals surface area (Å²) < 4.78 is 29.8. The highest BCUT2D eigenvalue weighted by Gasteiger charge is 2.44. The Bertz CT molecular complexity index is 1510. The summed E-state index contributed by atoms with van der Waals surface area (Å²) >= 11 is 0. The molecule has 0 bridgehead atoms. The summed E-state index contributed by atoms with van der Waals surface area (Å²) in [4.78, 5) is 102. The van der Waals surface area contributed by atoms with Crippen molar-refractivity contribution in [1.82, 2.24) is 0 Å². The van der Waals surface area contributed by atoms with Gasteiger partial charge >= 0.3 is 47.8 Å². The maximum Gasteiger partial charge on any atom is 0.310 e. The first-order valence-electron chi connectivity index (χ1n) is 22.8. The minimum Gasteiger partial charge on any atom is -0.481 e. The number of carboxylic acids is 4. The maximum atomic E-state index is 13.7. The molecule has 4 aliphatic carbocycles. The molecule has 0 amide bonds. The standard InChI is InChI=1S/C45H68O17/c1-3-13-36(62-44(57)35-21-12-8-17-31(35)40(52)53)27(23-59-41(54)32-18-9-5-14-28(32)37(46)47)22-58-24-45(4-2,25-60-42(55)33-19-10-6-15-29(33)38(48)49)26-61-43(56)34-20-11-7-16-30(34)39(50)51/h27-36H,3-26H2,1-2H3,(H,46,47)(H,48,49)(H,50,51)(H,52,53). The number of esters is 4. The predicted molar refractivity (Wildman–Crippen MR) is 217 cm³/mol. The van der Waals surface area contributed by atoms with Crippen molar-refractivity contribution >= 4 is 47.8 Å². The molecule has 4 rings (SSSR count). The van der Waals surface area contributed by atoms with Crippen LogP contribution >= 0.6 is 0 Å². The molecule has 4 saturated carbocycles. The first-order chi connectivity index (χ1) is 29.6. The van der Waals surface area contributed by atoms with Gasteiger partial charge in [-0.2, -0.15) is 0 Å². The molecule has 62 heavy (non-hydrogen) atoms. The van der Waals surface area contributed by atoms with Crippen LogP contribution in [0, 0.1) is 58.7 Å². The van der Waals surface area contributed by atoms with Crippen LogP contribution in [-0.4, -0.2) is 107 Å². The van der Waals surface area contributed by atoms with Crippen LogP contribution in [0.5, 0.6) is 0 Å². The van der Waals surface area contributed by atoms with Crippen molar-refractivity contribution in [1.29, 1.82) is 0 Å². The van der Waals surface area contributed by atoms with Crippen molar-refractivity contribution in [2.24, 2.45) is 58.7 Å². The maximum absolute atomic E-state index is 13.7. The summed E-state index contributed by atoms with van der Waals surface area (Å²) in [5.74, 6) is -15.2. The first-order valence-corrected chi connectivity index (χ1v) is 22.8. The predicted octanol–water partition coefficient (Wildman–Crippen LogP) is 5.92. The molecule has 4 fully saturated rings. The van der Waals surface area contributed by atoms with E-state index in [1.165, 1.54) is 0 Å². The number of rotatable bonds is 23. The van der Waals surface area contributed by atoms with Crippen molar-refractivity contribution in [3.63, 3.8) is 0 Å². The fourth-order valence-corrected chi connectivity index (χ4v) is 9.83. The van der Waals surface area contributed by atoms with Gasteiger partial charge in [-0.05, 0) is 64.2 Å². The lowest BCUT2D eigenvalue weighted by Crippen LogP contribution is -2.43. The van der Waals surface area contributed by atoms with E-state index in [4.69, 9.17) is 23.7 Å². The molecule has 0 aromatic carbocycles. The molecule has 0 aliphatic heterocycles. The highest BCUT2D eigenvalue weighted by atomic mass is 16.6. The molecule has 0 heterocycles. The molecule has 350 valence electrons. The molecule has 17 nitrogen and oxygen atoms in total. The second kappa shape index (κ2) is 24.5. The van der Waals surface area contributed by atoms with Gasteiger partial charge in [-0.1, -0.05) is 71.6 Å². The van der Waals surface area contributed by atoms with Crippen LogP contribution in [0.1, 0.15) is 136 Å². The van der Waals surface area contributed by atoms with E-state index in [0.29, 0.717) is 109 Å². The van der Waals surface area contributed by atoms with Crippen molar-refractivity contribution in [2.45, 2.75) is 142 Å². The van der Waals surface area contributed by atoms with Gasteiger partial charge < -0.3 is 44.1 Å². The second-order valence-electron chi connectivity index (χ2n) is 18.1. The van der Waals surface area contributed by atoms with Gasteiger partial charge in [-0.25, -0.2) is 0 Å². The van der Waals surface area contributed by atoms with Gasteiger partial charge in [0.25, 0.3) is 0 Å². The van der Waals surface area contributed by atoms with E-state index in [0.717, 1.165) is 0 Å². The van der Waals surface area contributed by atoms with Crippen molar-refractivity contribution in [3.8, 4) is 0 Å². The number of hydrogen-bond donors (Lipinski definition) is 4. The normalized spacial score (nSPS) is 28.5. The summed E-state index contributed by atoms with van der Waals surface area (Å²) in [6.07, 6.45) is 8.01. The Labute approximate surface area is 363 Å². The lowest BCUT2D eigenvalue weighted by atomic mass is 9.79. The van der Waals surface area contributed by atoms with Crippen LogP contribution in [0.3, 0.4) is 0 Å². The largest absolute Gasteiger partial charge is 0.481 e. The van der Waals surface area contributed by atoms with E-state index in [-0.39, 0.29) is 45.9 Å². The smallest absolute Gasteiger partial charge is 0.310 e. The number of carbonyl (C=O) groups is 8. The van der Waals surface area contributed by atoms with Crippen LogP contribution in [0.2, 0.25) is 0 Å². The molecule has 4 N–H and O–H groups in total. The van der Waals surface area contributed by atoms with Crippen LogP contribution in [-0.2, 0) is 62.0 Å². The molecule has 10 unspecified atom stereocenters. The minimum absolute atomic E-state index is 0.206. The SMILES string of the molecule is CCCC(OC(=O)C1CCCCC1C(=O)O)C(COCC(CC)(COC(=O)C1CCCCC1C(=O)O)COC(=O)C1CCCCC1C(=O)O)COC(=O)C1CCCCC1C(=O)O. The Morgan fingerprint density at radius 2 is 0.806 bits per heavy atom. The van der Waals surface area contributed by atoms with Gasteiger partial charge in [0.2, 0.25) is 0 Å². The zero-order chi connectivity index (χ0) is 45.4. The van der Waals surface area contributed by atoms with E-state index in [9.17, 15) is 58.8 Å². The number of carboxylic acid groups (broad SMARTS) is 4. The second-order valence-corrected chi connectivity index (χ2v) is 18.1. The number of hydrogen-bond acceptors (Lipinski definition) is 13. The Kier molecular flexibility index (Phi) is 19.9. The highest BCUT2D eigenvalue weighted by Crippen LogP contribution is 2.37. The van der Waals surface area contributed by atoms with Crippen LogP contribution in [0.15, 0.2) is 0 Å². The molecular formula is C45H68O17. The fraction of sp³-hybridized carbons (Fsp3) is 0.822. The zero-order valence-electron chi connectivity index (χ0n) is 36.3. The van der Waals surface area contributed by atoms with E-state index in [1.54, 1.807) is 6.92 Å². The summed E-state index contributed by atoms with van der Waals surface area (Å²) in [5, 5.41) is 39.4. The molecule has 0 spiro atoms. The molecule has 0 saturated heterocycles. The summed E-state index contributed by atoms with van der Waals surface area (Å²) in [6.45, 7) is 2.20. The molecule has 17 heteroatoms. The quantitative estimate of drug-likeness (QED) is 0.0685. The zero-order valence-corrected chi connectivity index (χ0v) is 36.3. The van der Waals surface area contributed by atoms with Crippen molar-refractivity contribution < 1.29 is 82.5 Å². The summed E-state index contributed by atoms with van der Waals surface area (Å²) in [6, 6.07) is 0. The van der Waals surface area contributed by atoms with Crippen molar-refractivity contribution in [3.05, 3.63) is 0 Å². The number of ether oxygens (including phenoxy) is 5. The Morgan fingerprint density at radius 1 is 0.468 bits per heavy atom. The molecule has 4 aliphatic rings. The lowest BCUT2D eigenvalue weighted by molar-refractivity contribution is -0.175. The molecular weight excluding hydrogens is 812 g/mol. The van der Waals surface area contributed by atoms with E-state index >= 15 is 0 Å². The van der Waals surface area contributed by atoms with Gasteiger partial charge in [-0.15, -0.1) is 0 Å². The molecule has 0 aromatic rings. The summed E-state index contributed by atoms with van der Waals surface area (Å²) in [7, 11) is 0. The third-order valence-corrected chi connectivity index (χ3v) is 13.9.